The molecule has 2 aromatic heterocycles. The molecule has 0 bridgehead atoms. The highest BCUT2D eigenvalue weighted by Gasteiger charge is 2.15. The number of ether oxygens (including phenoxy) is 2. The Balaban J connectivity index is 1.47. The number of rotatable bonds is 10. The molecule has 0 spiro atoms. The summed E-state index contributed by atoms with van der Waals surface area (Å²) in [4.78, 5) is 42.9. The van der Waals surface area contributed by atoms with Crippen molar-refractivity contribution in [1.82, 2.24) is 9.55 Å². The number of hydrogen-bond acceptors (Lipinski definition) is 7. The maximum Gasteiger partial charge on any atom is 0.338 e. The van der Waals surface area contributed by atoms with E-state index in [0.29, 0.717) is 34.7 Å². The van der Waals surface area contributed by atoms with E-state index in [1.165, 1.54) is 22.2 Å². The molecular weight excluding hydrogens is 478 g/mol. The smallest absolute Gasteiger partial charge is 0.338 e. The third kappa shape index (κ3) is 5.80. The van der Waals surface area contributed by atoms with Crippen molar-refractivity contribution in [3.05, 3.63) is 76.2 Å². The van der Waals surface area contributed by atoms with E-state index in [1.807, 2.05) is 43.5 Å². The molecule has 9 heteroatoms. The van der Waals surface area contributed by atoms with Crippen molar-refractivity contribution in [2.75, 3.05) is 18.5 Å². The fraction of sp³-hybridized carbons (Fsp3) is 0.259. The Kier molecular flexibility index (Phi) is 8.12. The summed E-state index contributed by atoms with van der Waals surface area (Å²) in [6.07, 6.45) is 3.14. The van der Waals surface area contributed by atoms with Crippen LogP contribution in [-0.4, -0.2) is 34.6 Å². The summed E-state index contributed by atoms with van der Waals surface area (Å²) in [6, 6.07) is 14.0. The topological polar surface area (TPSA) is 99.5 Å². The number of benzene rings is 2. The van der Waals surface area contributed by atoms with Gasteiger partial charge in [0.05, 0.1) is 30.5 Å². The third-order valence-corrected chi connectivity index (χ3v) is 6.37. The van der Waals surface area contributed by atoms with E-state index in [-0.39, 0.29) is 18.0 Å². The van der Waals surface area contributed by atoms with Gasteiger partial charge in [0.1, 0.15) is 17.1 Å². The average molecular weight is 506 g/mol. The van der Waals surface area contributed by atoms with Crippen LogP contribution in [0.1, 0.15) is 37.0 Å². The standard InChI is InChI=1S/C27H27N3O5S/c1-3-5-14-35-27(33)19-6-10-20(11-7-19)29-23(31)15-30-17-28-25-24(26(30)32)22(16-36-25)18-8-12-21(13-9-18)34-4-2/h6-13,16-17H,3-5,14-15H2,1-2H3,(H,29,31). The molecule has 2 heterocycles. The van der Waals surface area contributed by atoms with Gasteiger partial charge in [-0.05, 0) is 55.3 Å². The van der Waals surface area contributed by atoms with Crippen molar-refractivity contribution in [2.24, 2.45) is 0 Å². The molecule has 0 fully saturated rings. The summed E-state index contributed by atoms with van der Waals surface area (Å²) < 4.78 is 12.0. The molecule has 4 rings (SSSR count). The van der Waals surface area contributed by atoms with Crippen molar-refractivity contribution < 1.29 is 19.1 Å². The molecule has 186 valence electrons. The van der Waals surface area contributed by atoms with Gasteiger partial charge in [0.2, 0.25) is 5.91 Å². The molecule has 0 atom stereocenters. The van der Waals surface area contributed by atoms with Crippen molar-refractivity contribution >= 4 is 39.1 Å². The molecule has 1 N–H and O–H groups in total. The third-order valence-electron chi connectivity index (χ3n) is 5.49. The number of thiophene rings is 1. The molecule has 36 heavy (non-hydrogen) atoms. The first-order valence-electron chi connectivity index (χ1n) is 11.8. The summed E-state index contributed by atoms with van der Waals surface area (Å²) >= 11 is 1.38. The number of nitrogens with zero attached hydrogens (tertiary/aromatic N) is 2. The minimum absolute atomic E-state index is 0.193. The Hall–Kier alpha value is -3.98. The highest BCUT2D eigenvalue weighted by atomic mass is 32.1. The van der Waals surface area contributed by atoms with Crippen molar-refractivity contribution in [3.63, 3.8) is 0 Å². The van der Waals surface area contributed by atoms with Gasteiger partial charge in [-0.2, -0.15) is 0 Å². The highest BCUT2D eigenvalue weighted by Crippen LogP contribution is 2.31. The monoisotopic (exact) mass is 505 g/mol. The molecule has 1 amide bonds. The van der Waals surface area contributed by atoms with E-state index >= 15 is 0 Å². The number of hydrogen-bond donors (Lipinski definition) is 1. The van der Waals surface area contributed by atoms with Crippen molar-refractivity contribution in [2.45, 2.75) is 33.2 Å². The lowest BCUT2D eigenvalue weighted by Gasteiger charge is -2.09. The predicted molar refractivity (Wildman–Crippen MR) is 141 cm³/mol. The lowest BCUT2D eigenvalue weighted by atomic mass is 10.1. The number of nitrogens with one attached hydrogen (secondary N) is 1. The molecular formula is C27H27N3O5S. The molecule has 0 unspecified atom stereocenters. The van der Waals surface area contributed by atoms with Crippen LogP contribution >= 0.6 is 11.3 Å². The second kappa shape index (κ2) is 11.6. The Bertz CT molecular complexity index is 1410. The van der Waals surface area contributed by atoms with Crippen LogP contribution in [0.4, 0.5) is 5.69 Å². The van der Waals surface area contributed by atoms with Crippen LogP contribution in [0.25, 0.3) is 21.3 Å². The van der Waals surface area contributed by atoms with Gasteiger partial charge in [0.25, 0.3) is 5.56 Å². The van der Waals surface area contributed by atoms with Crippen LogP contribution in [0.15, 0.2) is 65.0 Å². The summed E-state index contributed by atoms with van der Waals surface area (Å²) in [7, 11) is 0. The summed E-state index contributed by atoms with van der Waals surface area (Å²) in [5, 5.41) is 5.13. The van der Waals surface area contributed by atoms with Crippen LogP contribution in [0.3, 0.4) is 0 Å². The minimum Gasteiger partial charge on any atom is -0.494 e. The number of carbonyl (C=O) groups is 2. The van der Waals surface area contributed by atoms with Gasteiger partial charge in [-0.3, -0.25) is 14.2 Å². The molecule has 0 radical (unpaired) electrons. The lowest BCUT2D eigenvalue weighted by Crippen LogP contribution is -2.27. The second-order valence-corrected chi connectivity index (χ2v) is 8.94. The zero-order valence-corrected chi connectivity index (χ0v) is 21.0. The number of amides is 1. The maximum atomic E-state index is 13.2. The second-order valence-electron chi connectivity index (χ2n) is 8.08. The number of esters is 1. The predicted octanol–water partition coefficient (Wildman–Crippen LogP) is 5.12. The number of carbonyl (C=O) groups excluding carboxylic acids is 2. The quantitative estimate of drug-likeness (QED) is 0.237. The minimum atomic E-state index is -0.397. The first kappa shape index (κ1) is 25.1. The van der Waals surface area contributed by atoms with Gasteiger partial charge >= 0.3 is 5.97 Å². The van der Waals surface area contributed by atoms with Gasteiger partial charge in [0.15, 0.2) is 0 Å². The number of aromatic nitrogens is 2. The largest absolute Gasteiger partial charge is 0.494 e. The lowest BCUT2D eigenvalue weighted by molar-refractivity contribution is -0.116. The van der Waals surface area contributed by atoms with E-state index in [9.17, 15) is 14.4 Å². The zero-order chi connectivity index (χ0) is 25.5. The number of fused-ring (bicyclic) bond motifs is 1. The molecule has 0 saturated carbocycles. The first-order valence-corrected chi connectivity index (χ1v) is 12.6. The molecule has 2 aromatic carbocycles. The molecule has 0 aliphatic heterocycles. The molecule has 4 aromatic rings. The fourth-order valence-electron chi connectivity index (χ4n) is 3.63. The maximum absolute atomic E-state index is 13.2. The van der Waals surface area contributed by atoms with Crippen LogP contribution in [0, 0.1) is 0 Å². The SMILES string of the molecule is CCCCOC(=O)c1ccc(NC(=O)Cn2cnc3scc(-c4ccc(OCC)cc4)c3c2=O)cc1. The number of unbranched alkanes of at least 4 members (excludes halogenated alkanes) is 1. The average Bonchev–Trinajstić information content (AvgIpc) is 3.32. The van der Waals surface area contributed by atoms with Gasteiger partial charge in [-0.1, -0.05) is 25.5 Å². The Morgan fingerprint density at radius 1 is 1.06 bits per heavy atom. The summed E-state index contributed by atoms with van der Waals surface area (Å²) in [5.41, 5.74) is 2.28. The normalized spacial score (nSPS) is 10.8. The van der Waals surface area contributed by atoms with Crippen LogP contribution in [-0.2, 0) is 16.1 Å². The fourth-order valence-corrected chi connectivity index (χ4v) is 4.53. The van der Waals surface area contributed by atoms with Gasteiger partial charge < -0.3 is 14.8 Å². The van der Waals surface area contributed by atoms with E-state index in [1.54, 1.807) is 24.3 Å². The van der Waals surface area contributed by atoms with Crippen LogP contribution in [0.5, 0.6) is 5.75 Å². The van der Waals surface area contributed by atoms with Crippen molar-refractivity contribution in [3.8, 4) is 16.9 Å². The van der Waals surface area contributed by atoms with Crippen molar-refractivity contribution in [1.29, 1.82) is 0 Å². The van der Waals surface area contributed by atoms with E-state index in [4.69, 9.17) is 9.47 Å². The van der Waals surface area contributed by atoms with Gasteiger partial charge in [-0.15, -0.1) is 11.3 Å². The van der Waals surface area contributed by atoms with Gasteiger partial charge in [0, 0.05) is 16.6 Å². The Labute approximate surface area is 212 Å². The van der Waals surface area contributed by atoms with E-state index in [2.05, 4.69) is 10.3 Å². The summed E-state index contributed by atoms with van der Waals surface area (Å²) in [6.45, 7) is 4.71. The van der Waals surface area contributed by atoms with Crippen LogP contribution < -0.4 is 15.6 Å². The molecule has 0 aliphatic rings. The van der Waals surface area contributed by atoms with E-state index in [0.717, 1.165) is 29.7 Å². The molecule has 8 nitrogen and oxygen atoms in total. The van der Waals surface area contributed by atoms with E-state index < -0.39 is 5.97 Å². The molecule has 0 saturated heterocycles. The first-order chi connectivity index (χ1) is 17.5. The van der Waals surface area contributed by atoms with Gasteiger partial charge in [-0.25, -0.2) is 9.78 Å². The zero-order valence-electron chi connectivity index (χ0n) is 20.2. The number of anilines is 1. The highest BCUT2D eigenvalue weighted by molar-refractivity contribution is 7.17. The summed E-state index contributed by atoms with van der Waals surface area (Å²) in [5.74, 6) is -0.0184. The molecule has 0 aliphatic carbocycles. The Morgan fingerprint density at radius 2 is 1.81 bits per heavy atom. The Morgan fingerprint density at radius 3 is 2.50 bits per heavy atom. The van der Waals surface area contributed by atoms with Crippen LogP contribution in [0.2, 0.25) is 0 Å².